The summed E-state index contributed by atoms with van der Waals surface area (Å²) in [4.78, 5) is 17.8. The Labute approximate surface area is 209 Å². The lowest BCUT2D eigenvalue weighted by Crippen LogP contribution is -2.29. The van der Waals surface area contributed by atoms with E-state index in [1.807, 2.05) is 45.0 Å². The molecule has 3 rings (SSSR count). The lowest BCUT2D eigenvalue weighted by Gasteiger charge is -2.21. The number of hydrogen-bond acceptors (Lipinski definition) is 7. The molecule has 0 aliphatic rings. The van der Waals surface area contributed by atoms with E-state index in [9.17, 15) is 4.79 Å². The molecule has 0 saturated carbocycles. The van der Waals surface area contributed by atoms with Crippen LogP contribution in [0.5, 0.6) is 11.5 Å². The number of ether oxygens (including phenoxy) is 2. The van der Waals surface area contributed by atoms with Gasteiger partial charge in [-0.05, 0) is 75.7 Å². The van der Waals surface area contributed by atoms with Crippen LogP contribution in [0.15, 0.2) is 53.7 Å². The fourth-order valence-electron chi connectivity index (χ4n) is 3.37. The molecule has 0 saturated heterocycles. The van der Waals surface area contributed by atoms with E-state index in [1.165, 1.54) is 11.3 Å². The number of oxime groups is 1. The standard InChI is InChI=1S/C26H32N4O4S/c1-5-6-7-22(34-21-14-10-19(11-15-21)25(27)30-32)33-20-12-8-18(9-13-20)23-24(35-17(4)29-23)26(31)28-16(2)3/h8-16,22,32H,5-7H2,1-4H3,(H2,27,30)(H,28,31). The summed E-state index contributed by atoms with van der Waals surface area (Å²) < 4.78 is 12.2. The molecule has 0 radical (unpaired) electrons. The molecule has 1 unspecified atom stereocenters. The third-order valence-corrected chi connectivity index (χ3v) is 6.04. The second-order valence-corrected chi connectivity index (χ2v) is 9.58. The van der Waals surface area contributed by atoms with E-state index in [4.69, 9.17) is 20.4 Å². The van der Waals surface area contributed by atoms with Gasteiger partial charge in [-0.2, -0.15) is 0 Å². The van der Waals surface area contributed by atoms with Crippen molar-refractivity contribution < 1.29 is 19.5 Å². The van der Waals surface area contributed by atoms with Crippen LogP contribution in [0.25, 0.3) is 11.3 Å². The number of aryl methyl sites for hydroxylation is 1. The summed E-state index contributed by atoms with van der Waals surface area (Å²) in [5.41, 5.74) is 7.74. The summed E-state index contributed by atoms with van der Waals surface area (Å²) in [5, 5.41) is 15.6. The number of thiazole rings is 1. The molecule has 0 fully saturated rings. The van der Waals surface area contributed by atoms with E-state index in [1.54, 1.807) is 24.3 Å². The van der Waals surface area contributed by atoms with Crippen LogP contribution in [0.4, 0.5) is 0 Å². The van der Waals surface area contributed by atoms with Crippen molar-refractivity contribution in [2.24, 2.45) is 10.9 Å². The predicted molar refractivity (Wildman–Crippen MR) is 138 cm³/mol. The predicted octanol–water partition coefficient (Wildman–Crippen LogP) is 5.33. The van der Waals surface area contributed by atoms with Gasteiger partial charge in [0.1, 0.15) is 16.4 Å². The number of rotatable bonds is 11. The smallest absolute Gasteiger partial charge is 0.263 e. The summed E-state index contributed by atoms with van der Waals surface area (Å²) in [6.45, 7) is 7.87. The maximum atomic E-state index is 12.6. The number of nitrogens with two attached hydrogens (primary N) is 1. The van der Waals surface area contributed by atoms with Gasteiger partial charge >= 0.3 is 0 Å². The number of unbranched alkanes of at least 4 members (excludes halogenated alkanes) is 1. The first kappa shape index (κ1) is 26.0. The Balaban J connectivity index is 1.74. The highest BCUT2D eigenvalue weighted by molar-refractivity contribution is 7.14. The molecule has 8 nitrogen and oxygen atoms in total. The Kier molecular flexibility index (Phi) is 9.08. The molecule has 0 bridgehead atoms. The van der Waals surface area contributed by atoms with Crippen molar-refractivity contribution in [1.29, 1.82) is 0 Å². The van der Waals surface area contributed by atoms with Crippen molar-refractivity contribution >= 4 is 23.1 Å². The minimum Gasteiger partial charge on any atom is -0.455 e. The number of benzene rings is 2. The molecule has 1 heterocycles. The Morgan fingerprint density at radius 1 is 1.11 bits per heavy atom. The maximum Gasteiger partial charge on any atom is 0.263 e. The van der Waals surface area contributed by atoms with E-state index >= 15 is 0 Å². The molecule has 2 aromatic carbocycles. The normalized spacial score (nSPS) is 12.4. The molecule has 1 amide bonds. The monoisotopic (exact) mass is 496 g/mol. The average Bonchev–Trinajstić information content (AvgIpc) is 3.24. The van der Waals surface area contributed by atoms with Crippen LogP contribution in [-0.4, -0.2) is 34.3 Å². The van der Waals surface area contributed by atoms with Gasteiger partial charge in [0.05, 0.1) is 10.7 Å². The Hall–Kier alpha value is -3.59. The molecule has 1 aromatic heterocycles. The lowest BCUT2D eigenvalue weighted by atomic mass is 10.1. The summed E-state index contributed by atoms with van der Waals surface area (Å²) in [6.07, 6.45) is 2.18. The highest BCUT2D eigenvalue weighted by Gasteiger charge is 2.19. The SMILES string of the molecule is CCCCC(Oc1ccc(C(N)=NO)cc1)Oc1ccc(-c2nc(C)sc2C(=O)NC(C)C)cc1. The highest BCUT2D eigenvalue weighted by Crippen LogP contribution is 2.30. The van der Waals surface area contributed by atoms with Gasteiger partial charge in [-0.1, -0.05) is 18.5 Å². The summed E-state index contributed by atoms with van der Waals surface area (Å²) in [6, 6.07) is 14.5. The lowest BCUT2D eigenvalue weighted by molar-refractivity contribution is -0.00211. The molecule has 0 aliphatic heterocycles. The van der Waals surface area contributed by atoms with E-state index in [2.05, 4.69) is 22.4 Å². The molecule has 4 N–H and O–H groups in total. The Bertz CT molecular complexity index is 1140. The molecule has 3 aromatic rings. The van der Waals surface area contributed by atoms with Crippen LogP contribution in [0, 0.1) is 6.92 Å². The van der Waals surface area contributed by atoms with Crippen molar-refractivity contribution in [2.75, 3.05) is 0 Å². The molecule has 186 valence electrons. The van der Waals surface area contributed by atoms with Crippen LogP contribution in [0.3, 0.4) is 0 Å². The van der Waals surface area contributed by atoms with E-state index in [-0.39, 0.29) is 17.8 Å². The van der Waals surface area contributed by atoms with Gasteiger partial charge < -0.3 is 25.7 Å². The van der Waals surface area contributed by atoms with Crippen molar-refractivity contribution in [3.8, 4) is 22.8 Å². The van der Waals surface area contributed by atoms with Gasteiger partial charge in [0.15, 0.2) is 5.84 Å². The molecule has 9 heteroatoms. The van der Waals surface area contributed by atoms with Gasteiger partial charge in [-0.3, -0.25) is 4.79 Å². The minimum absolute atomic E-state index is 0.0376. The number of amidine groups is 1. The topological polar surface area (TPSA) is 119 Å². The fourth-order valence-corrected chi connectivity index (χ4v) is 4.22. The number of nitrogens with one attached hydrogen (secondary N) is 1. The summed E-state index contributed by atoms with van der Waals surface area (Å²) in [7, 11) is 0. The number of carbonyl (C=O) groups is 1. The van der Waals surface area contributed by atoms with Crippen molar-refractivity contribution in [2.45, 2.75) is 59.3 Å². The van der Waals surface area contributed by atoms with E-state index in [0.717, 1.165) is 23.4 Å². The zero-order valence-corrected chi connectivity index (χ0v) is 21.3. The number of aromatic nitrogens is 1. The Morgan fingerprint density at radius 3 is 2.26 bits per heavy atom. The first-order chi connectivity index (χ1) is 16.8. The third-order valence-electron chi connectivity index (χ3n) is 5.07. The molecular weight excluding hydrogens is 464 g/mol. The van der Waals surface area contributed by atoms with Gasteiger partial charge in [0, 0.05) is 23.6 Å². The fraction of sp³-hybridized carbons (Fsp3) is 0.346. The third kappa shape index (κ3) is 7.19. The zero-order valence-electron chi connectivity index (χ0n) is 20.4. The summed E-state index contributed by atoms with van der Waals surface area (Å²) >= 11 is 1.39. The second kappa shape index (κ2) is 12.2. The molecule has 0 spiro atoms. The number of hydrogen-bond donors (Lipinski definition) is 3. The average molecular weight is 497 g/mol. The van der Waals surface area contributed by atoms with Crippen LogP contribution >= 0.6 is 11.3 Å². The first-order valence-electron chi connectivity index (χ1n) is 11.6. The first-order valence-corrected chi connectivity index (χ1v) is 12.4. The van der Waals surface area contributed by atoms with Gasteiger partial charge in [0.2, 0.25) is 6.29 Å². The number of carbonyl (C=O) groups excluding carboxylic acids is 1. The highest BCUT2D eigenvalue weighted by atomic mass is 32.1. The molecular formula is C26H32N4O4S. The van der Waals surface area contributed by atoms with Gasteiger partial charge in [-0.15, -0.1) is 11.3 Å². The quantitative estimate of drug-likeness (QED) is 0.109. The molecule has 0 aliphatic carbocycles. The van der Waals surface area contributed by atoms with Crippen LogP contribution in [0.1, 0.15) is 60.3 Å². The largest absolute Gasteiger partial charge is 0.455 e. The van der Waals surface area contributed by atoms with Crippen molar-refractivity contribution in [1.82, 2.24) is 10.3 Å². The molecule has 35 heavy (non-hydrogen) atoms. The Morgan fingerprint density at radius 2 is 1.71 bits per heavy atom. The van der Waals surface area contributed by atoms with Crippen LogP contribution in [-0.2, 0) is 0 Å². The van der Waals surface area contributed by atoms with Crippen LogP contribution in [0.2, 0.25) is 0 Å². The van der Waals surface area contributed by atoms with Crippen molar-refractivity contribution in [3.05, 3.63) is 64.0 Å². The van der Waals surface area contributed by atoms with Crippen LogP contribution < -0.4 is 20.5 Å². The second-order valence-electron chi connectivity index (χ2n) is 8.38. The number of amides is 1. The zero-order chi connectivity index (χ0) is 25.4. The van der Waals surface area contributed by atoms with Crippen molar-refractivity contribution in [3.63, 3.8) is 0 Å². The minimum atomic E-state index is -0.482. The van der Waals surface area contributed by atoms with E-state index < -0.39 is 6.29 Å². The maximum absolute atomic E-state index is 12.6. The van der Waals surface area contributed by atoms with E-state index in [0.29, 0.717) is 34.1 Å². The summed E-state index contributed by atoms with van der Waals surface area (Å²) in [5.74, 6) is 1.20. The van der Waals surface area contributed by atoms with Gasteiger partial charge in [0.25, 0.3) is 5.91 Å². The molecule has 1 atom stereocenters. The number of nitrogens with zero attached hydrogens (tertiary/aromatic N) is 2. The van der Waals surface area contributed by atoms with Gasteiger partial charge in [-0.25, -0.2) is 4.98 Å².